The van der Waals surface area contributed by atoms with Crippen molar-refractivity contribution >= 4 is 11.9 Å². The third-order valence-corrected chi connectivity index (χ3v) is 2.49. The van der Waals surface area contributed by atoms with E-state index in [0.29, 0.717) is 18.1 Å². The molecule has 2 aromatic rings. The van der Waals surface area contributed by atoms with Gasteiger partial charge in [-0.3, -0.25) is 4.79 Å². The second-order valence-electron chi connectivity index (χ2n) is 3.99. The van der Waals surface area contributed by atoms with Gasteiger partial charge in [-0.2, -0.15) is 0 Å². The highest BCUT2D eigenvalue weighted by Gasteiger charge is 2.09. The predicted molar refractivity (Wildman–Crippen MR) is 76.1 cm³/mol. The first-order valence-corrected chi connectivity index (χ1v) is 5.88. The van der Waals surface area contributed by atoms with E-state index in [2.05, 4.69) is 16.5 Å². The number of hydrogen-bond donors (Lipinski definition) is 2. The van der Waals surface area contributed by atoms with Gasteiger partial charge in [0.1, 0.15) is 18.1 Å². The summed E-state index contributed by atoms with van der Waals surface area (Å²) < 4.78 is 5.44. The summed E-state index contributed by atoms with van der Waals surface area (Å²) in [5.41, 5.74) is 12.1. The van der Waals surface area contributed by atoms with Gasteiger partial charge < -0.3 is 16.2 Å². The Kier molecular flexibility index (Phi) is 3.95. The topological polar surface area (TPSA) is 104 Å². The number of amides is 1. The van der Waals surface area contributed by atoms with Gasteiger partial charge in [0.2, 0.25) is 5.95 Å². The lowest BCUT2D eigenvalue weighted by molar-refractivity contribution is 0.0995. The molecule has 6 heteroatoms. The van der Waals surface area contributed by atoms with E-state index in [-0.39, 0.29) is 11.6 Å². The molecule has 0 radical (unpaired) electrons. The van der Waals surface area contributed by atoms with E-state index in [1.165, 1.54) is 6.07 Å². The molecule has 0 fully saturated rings. The third kappa shape index (κ3) is 3.11. The molecule has 2 rings (SSSR count). The molecule has 0 bridgehead atoms. The number of nitrogens with two attached hydrogens (primary N) is 2. The number of carbonyl (C=O) groups is 1. The number of rotatable bonds is 5. The van der Waals surface area contributed by atoms with Gasteiger partial charge in [-0.15, -0.1) is 0 Å². The largest absolute Gasteiger partial charge is 0.490 e. The minimum atomic E-state index is -0.653. The number of hydrogen-bond acceptors (Lipinski definition) is 5. The minimum absolute atomic E-state index is 0.00582. The monoisotopic (exact) mass is 270 g/mol. The van der Waals surface area contributed by atoms with Crippen LogP contribution in [0.1, 0.15) is 10.5 Å². The summed E-state index contributed by atoms with van der Waals surface area (Å²) in [6, 6.07) is 8.73. The van der Waals surface area contributed by atoms with Gasteiger partial charge >= 0.3 is 0 Å². The molecular weight excluding hydrogens is 256 g/mol. The van der Waals surface area contributed by atoms with Crippen LogP contribution in [0.15, 0.2) is 43.0 Å². The fourth-order valence-electron chi connectivity index (χ4n) is 1.64. The van der Waals surface area contributed by atoms with Crippen molar-refractivity contribution in [3.63, 3.8) is 0 Å². The quantitative estimate of drug-likeness (QED) is 0.799. The van der Waals surface area contributed by atoms with Gasteiger partial charge in [-0.1, -0.05) is 24.8 Å². The van der Waals surface area contributed by atoms with Crippen LogP contribution in [0.5, 0.6) is 5.75 Å². The summed E-state index contributed by atoms with van der Waals surface area (Å²) in [4.78, 5) is 19.1. The van der Waals surface area contributed by atoms with Gasteiger partial charge in [0.25, 0.3) is 5.91 Å². The first kappa shape index (κ1) is 13.5. The Morgan fingerprint density at radius 1 is 1.35 bits per heavy atom. The van der Waals surface area contributed by atoms with Crippen LogP contribution < -0.4 is 16.2 Å². The molecule has 102 valence electrons. The van der Waals surface area contributed by atoms with Crippen LogP contribution in [0.3, 0.4) is 0 Å². The third-order valence-electron chi connectivity index (χ3n) is 2.49. The zero-order valence-electron chi connectivity index (χ0n) is 10.7. The van der Waals surface area contributed by atoms with Gasteiger partial charge in [0.05, 0.1) is 5.69 Å². The maximum atomic E-state index is 11.2. The second kappa shape index (κ2) is 5.83. The van der Waals surface area contributed by atoms with Crippen molar-refractivity contribution < 1.29 is 9.53 Å². The number of anilines is 1. The summed E-state index contributed by atoms with van der Waals surface area (Å²) in [7, 11) is 0. The average molecular weight is 270 g/mol. The molecule has 0 saturated heterocycles. The molecule has 0 atom stereocenters. The first-order chi connectivity index (χ1) is 9.60. The molecule has 20 heavy (non-hydrogen) atoms. The van der Waals surface area contributed by atoms with Crippen molar-refractivity contribution in [2.45, 2.75) is 0 Å². The second-order valence-corrected chi connectivity index (χ2v) is 3.99. The number of benzene rings is 1. The SMILES string of the molecule is C=CCOc1cccc(-c2cc(C(N)=O)nc(N)n2)c1. The molecule has 0 unspecified atom stereocenters. The van der Waals surface area contributed by atoms with Crippen molar-refractivity contribution in [2.24, 2.45) is 5.73 Å². The van der Waals surface area contributed by atoms with Crippen molar-refractivity contribution in [2.75, 3.05) is 12.3 Å². The normalized spacial score (nSPS) is 10.0. The minimum Gasteiger partial charge on any atom is -0.490 e. The van der Waals surface area contributed by atoms with E-state index < -0.39 is 5.91 Å². The zero-order valence-corrected chi connectivity index (χ0v) is 10.7. The average Bonchev–Trinajstić information content (AvgIpc) is 2.44. The van der Waals surface area contributed by atoms with Crippen molar-refractivity contribution in [1.82, 2.24) is 9.97 Å². The maximum absolute atomic E-state index is 11.2. The number of aromatic nitrogens is 2. The number of nitrogens with zero attached hydrogens (tertiary/aromatic N) is 2. The molecule has 1 aromatic carbocycles. The van der Waals surface area contributed by atoms with Gasteiger partial charge in [0, 0.05) is 5.56 Å². The van der Waals surface area contributed by atoms with Crippen LogP contribution in [0.2, 0.25) is 0 Å². The van der Waals surface area contributed by atoms with Crippen LogP contribution >= 0.6 is 0 Å². The molecule has 0 aliphatic rings. The molecular formula is C14H14N4O2. The summed E-state index contributed by atoms with van der Waals surface area (Å²) in [5, 5.41) is 0. The highest BCUT2D eigenvalue weighted by molar-refractivity contribution is 5.92. The van der Waals surface area contributed by atoms with Crippen LogP contribution in [0.4, 0.5) is 5.95 Å². The van der Waals surface area contributed by atoms with Crippen LogP contribution in [-0.2, 0) is 0 Å². The molecule has 6 nitrogen and oxygen atoms in total. The summed E-state index contributed by atoms with van der Waals surface area (Å²) in [5.74, 6) is 0.00772. The van der Waals surface area contributed by atoms with Crippen LogP contribution in [-0.4, -0.2) is 22.5 Å². The molecule has 0 saturated carbocycles. The summed E-state index contributed by atoms with van der Waals surface area (Å²) in [6.07, 6.45) is 1.65. The van der Waals surface area contributed by atoms with Crippen LogP contribution in [0.25, 0.3) is 11.3 Å². The molecule has 0 aliphatic carbocycles. The highest BCUT2D eigenvalue weighted by atomic mass is 16.5. The lowest BCUT2D eigenvalue weighted by Gasteiger charge is -2.07. The summed E-state index contributed by atoms with van der Waals surface area (Å²) in [6.45, 7) is 3.99. The lowest BCUT2D eigenvalue weighted by atomic mass is 10.1. The first-order valence-electron chi connectivity index (χ1n) is 5.88. The predicted octanol–water partition coefficient (Wildman–Crippen LogP) is 1.39. The van der Waals surface area contributed by atoms with E-state index in [1.54, 1.807) is 12.1 Å². The fourth-order valence-corrected chi connectivity index (χ4v) is 1.64. The number of nitrogen functional groups attached to an aromatic ring is 1. The molecule has 0 aliphatic heterocycles. The molecule has 4 N–H and O–H groups in total. The number of primary amides is 1. The Labute approximate surface area is 116 Å². The lowest BCUT2D eigenvalue weighted by Crippen LogP contribution is -2.15. The fraction of sp³-hybridized carbons (Fsp3) is 0.0714. The van der Waals surface area contributed by atoms with E-state index in [9.17, 15) is 4.79 Å². The zero-order chi connectivity index (χ0) is 14.5. The van der Waals surface area contributed by atoms with Crippen molar-refractivity contribution in [3.05, 3.63) is 48.7 Å². The molecule has 1 amide bonds. The van der Waals surface area contributed by atoms with Gasteiger partial charge in [-0.25, -0.2) is 9.97 Å². The Bertz CT molecular complexity index is 655. The maximum Gasteiger partial charge on any atom is 0.267 e. The Hall–Kier alpha value is -2.89. The Morgan fingerprint density at radius 2 is 2.15 bits per heavy atom. The Morgan fingerprint density at radius 3 is 2.85 bits per heavy atom. The number of ether oxygens (including phenoxy) is 1. The van der Waals surface area contributed by atoms with E-state index in [0.717, 1.165) is 5.56 Å². The van der Waals surface area contributed by atoms with Crippen molar-refractivity contribution in [1.29, 1.82) is 0 Å². The van der Waals surface area contributed by atoms with E-state index in [4.69, 9.17) is 16.2 Å². The molecule has 1 aromatic heterocycles. The van der Waals surface area contributed by atoms with Crippen LogP contribution in [0, 0.1) is 0 Å². The molecule has 0 spiro atoms. The Balaban J connectivity index is 2.40. The van der Waals surface area contributed by atoms with Crippen molar-refractivity contribution in [3.8, 4) is 17.0 Å². The summed E-state index contributed by atoms with van der Waals surface area (Å²) >= 11 is 0. The van der Waals surface area contributed by atoms with Gasteiger partial charge in [0.15, 0.2) is 0 Å². The van der Waals surface area contributed by atoms with E-state index >= 15 is 0 Å². The number of carbonyl (C=O) groups excluding carboxylic acids is 1. The highest BCUT2D eigenvalue weighted by Crippen LogP contribution is 2.23. The van der Waals surface area contributed by atoms with E-state index in [1.807, 2.05) is 18.2 Å². The molecule has 1 heterocycles. The smallest absolute Gasteiger partial charge is 0.267 e. The van der Waals surface area contributed by atoms with Gasteiger partial charge in [-0.05, 0) is 18.2 Å². The standard InChI is InChI=1S/C14H14N4O2/c1-2-6-20-10-5-3-4-9(7-10)11-8-12(13(15)19)18-14(16)17-11/h2-5,7-8H,1,6H2,(H2,15,19)(H2,16,17,18).